The summed E-state index contributed by atoms with van der Waals surface area (Å²) in [5, 5.41) is 4.31. The van der Waals surface area contributed by atoms with Crippen molar-refractivity contribution in [3.63, 3.8) is 0 Å². The zero-order chi connectivity index (χ0) is 10.3. The molecule has 0 aromatic carbocycles. The van der Waals surface area contributed by atoms with Crippen molar-refractivity contribution in [2.75, 3.05) is 6.54 Å². The van der Waals surface area contributed by atoms with Crippen LogP contribution in [-0.2, 0) is 6.54 Å². The minimum atomic E-state index is 0.363. The molecule has 14 heavy (non-hydrogen) atoms. The lowest BCUT2D eigenvalue weighted by molar-refractivity contribution is 0.546. The Labute approximate surface area is 85.3 Å². The summed E-state index contributed by atoms with van der Waals surface area (Å²) in [7, 11) is 0. The van der Waals surface area contributed by atoms with E-state index in [1.54, 1.807) is 0 Å². The van der Waals surface area contributed by atoms with Gasteiger partial charge in [-0.1, -0.05) is 13.8 Å². The van der Waals surface area contributed by atoms with Crippen LogP contribution >= 0.6 is 0 Å². The van der Waals surface area contributed by atoms with E-state index in [-0.39, 0.29) is 0 Å². The maximum absolute atomic E-state index is 5.77. The van der Waals surface area contributed by atoms with Crippen LogP contribution in [0, 0.1) is 11.3 Å². The van der Waals surface area contributed by atoms with Crippen LogP contribution in [0.1, 0.15) is 32.4 Å². The molecule has 0 spiro atoms. The molecule has 1 aromatic rings. The smallest absolute Gasteiger partial charge is 0.0492 e. The first kappa shape index (κ1) is 9.71. The van der Waals surface area contributed by atoms with Gasteiger partial charge in [-0.3, -0.25) is 4.68 Å². The van der Waals surface area contributed by atoms with Gasteiger partial charge in [-0.05, 0) is 30.9 Å². The molecule has 0 bridgehead atoms. The van der Waals surface area contributed by atoms with Crippen LogP contribution in [0.4, 0.5) is 0 Å². The van der Waals surface area contributed by atoms with Gasteiger partial charge < -0.3 is 5.73 Å². The fraction of sp³-hybridized carbons (Fsp3) is 0.727. The second-order valence-corrected chi connectivity index (χ2v) is 4.71. The van der Waals surface area contributed by atoms with Crippen LogP contribution in [-0.4, -0.2) is 16.3 Å². The molecule has 1 fully saturated rings. The molecule has 2 atom stereocenters. The van der Waals surface area contributed by atoms with E-state index >= 15 is 0 Å². The summed E-state index contributed by atoms with van der Waals surface area (Å²) >= 11 is 0. The molecule has 3 nitrogen and oxygen atoms in total. The van der Waals surface area contributed by atoms with Crippen molar-refractivity contribution in [2.45, 2.75) is 33.2 Å². The first-order valence-electron chi connectivity index (χ1n) is 5.34. The van der Waals surface area contributed by atoms with E-state index in [1.807, 2.05) is 6.20 Å². The highest BCUT2D eigenvalue weighted by Gasteiger charge is 2.58. The maximum Gasteiger partial charge on any atom is 0.0492 e. The molecule has 0 unspecified atom stereocenters. The molecule has 1 saturated carbocycles. The molecule has 0 radical (unpaired) electrons. The Kier molecular flexibility index (Phi) is 2.14. The molecule has 3 heteroatoms. The molecule has 78 valence electrons. The van der Waals surface area contributed by atoms with E-state index in [0.29, 0.717) is 17.3 Å². The number of hydrogen-bond donors (Lipinski definition) is 1. The van der Waals surface area contributed by atoms with Crippen LogP contribution in [0.15, 0.2) is 12.3 Å². The van der Waals surface area contributed by atoms with Crippen molar-refractivity contribution in [3.8, 4) is 0 Å². The highest BCUT2D eigenvalue weighted by atomic mass is 15.3. The van der Waals surface area contributed by atoms with E-state index in [1.165, 1.54) is 5.69 Å². The predicted molar refractivity (Wildman–Crippen MR) is 57.0 cm³/mol. The summed E-state index contributed by atoms with van der Waals surface area (Å²) in [5.74, 6) is 1.24. The Morgan fingerprint density at radius 1 is 1.57 bits per heavy atom. The number of rotatable bonds is 3. The highest BCUT2D eigenvalue weighted by Crippen LogP contribution is 2.63. The van der Waals surface area contributed by atoms with Crippen molar-refractivity contribution in [3.05, 3.63) is 18.0 Å². The number of hydrogen-bond acceptors (Lipinski definition) is 2. The van der Waals surface area contributed by atoms with Gasteiger partial charge in [0.1, 0.15) is 0 Å². The zero-order valence-corrected chi connectivity index (χ0v) is 9.20. The maximum atomic E-state index is 5.77. The molecule has 1 heterocycles. The number of nitrogens with zero attached hydrogens (tertiary/aromatic N) is 2. The van der Waals surface area contributed by atoms with Crippen LogP contribution < -0.4 is 5.73 Å². The normalized spacial score (nSPS) is 29.1. The first-order chi connectivity index (χ1) is 6.62. The summed E-state index contributed by atoms with van der Waals surface area (Å²) in [6, 6.07) is 2.13. The Hall–Kier alpha value is -0.830. The number of nitrogens with two attached hydrogens (primary N) is 1. The van der Waals surface area contributed by atoms with Gasteiger partial charge in [0.2, 0.25) is 0 Å². The Morgan fingerprint density at radius 2 is 2.29 bits per heavy atom. The Morgan fingerprint density at radius 3 is 2.79 bits per heavy atom. The zero-order valence-electron chi connectivity index (χ0n) is 9.20. The van der Waals surface area contributed by atoms with Crippen molar-refractivity contribution in [1.82, 2.24) is 9.78 Å². The van der Waals surface area contributed by atoms with Gasteiger partial charge in [0.15, 0.2) is 0 Å². The third-order valence-corrected chi connectivity index (χ3v) is 3.67. The second kappa shape index (κ2) is 3.09. The van der Waals surface area contributed by atoms with Gasteiger partial charge in [0, 0.05) is 24.4 Å². The van der Waals surface area contributed by atoms with Crippen LogP contribution in [0.25, 0.3) is 0 Å². The SMILES string of the molecule is CCn1nccc1[C@H]1[C@H](CN)C1(C)C. The van der Waals surface area contributed by atoms with Crippen molar-refractivity contribution in [2.24, 2.45) is 17.1 Å². The summed E-state index contributed by atoms with van der Waals surface area (Å²) in [5.41, 5.74) is 7.49. The monoisotopic (exact) mass is 193 g/mol. The van der Waals surface area contributed by atoms with E-state index in [9.17, 15) is 0 Å². The first-order valence-corrected chi connectivity index (χ1v) is 5.34. The molecule has 0 amide bonds. The van der Waals surface area contributed by atoms with Gasteiger partial charge in [-0.25, -0.2) is 0 Å². The molecular weight excluding hydrogens is 174 g/mol. The fourth-order valence-corrected chi connectivity index (χ4v) is 2.64. The molecule has 2 rings (SSSR count). The number of aromatic nitrogens is 2. The Balaban J connectivity index is 2.26. The molecule has 1 aromatic heterocycles. The van der Waals surface area contributed by atoms with Gasteiger partial charge in [0.25, 0.3) is 0 Å². The molecule has 0 aliphatic heterocycles. The van der Waals surface area contributed by atoms with E-state index in [4.69, 9.17) is 5.73 Å². The van der Waals surface area contributed by atoms with Gasteiger partial charge >= 0.3 is 0 Å². The molecule has 2 N–H and O–H groups in total. The van der Waals surface area contributed by atoms with E-state index in [2.05, 4.69) is 36.6 Å². The fourth-order valence-electron chi connectivity index (χ4n) is 2.64. The lowest BCUT2D eigenvalue weighted by Gasteiger charge is -2.05. The minimum Gasteiger partial charge on any atom is -0.330 e. The van der Waals surface area contributed by atoms with Crippen LogP contribution in [0.2, 0.25) is 0 Å². The summed E-state index contributed by atoms with van der Waals surface area (Å²) < 4.78 is 2.09. The molecule has 1 aliphatic carbocycles. The van der Waals surface area contributed by atoms with E-state index < -0.39 is 0 Å². The molecule has 1 aliphatic rings. The average molecular weight is 193 g/mol. The number of aryl methyl sites for hydroxylation is 1. The molecular formula is C11H19N3. The van der Waals surface area contributed by atoms with Crippen molar-refractivity contribution in [1.29, 1.82) is 0 Å². The van der Waals surface area contributed by atoms with E-state index in [0.717, 1.165) is 13.1 Å². The molecule has 0 saturated heterocycles. The van der Waals surface area contributed by atoms with Crippen molar-refractivity contribution >= 4 is 0 Å². The van der Waals surface area contributed by atoms with Crippen LogP contribution in [0.5, 0.6) is 0 Å². The third kappa shape index (κ3) is 1.19. The summed E-state index contributed by atoms with van der Waals surface area (Å²) in [6.45, 7) is 8.45. The summed E-state index contributed by atoms with van der Waals surface area (Å²) in [6.07, 6.45) is 1.89. The minimum absolute atomic E-state index is 0.363. The van der Waals surface area contributed by atoms with Crippen molar-refractivity contribution < 1.29 is 0 Å². The standard InChI is InChI=1S/C11H19N3/c1-4-14-9(5-6-13-14)10-8(7-12)11(10,2)3/h5-6,8,10H,4,7,12H2,1-3H3/t8-,10+/m0/s1. The van der Waals surface area contributed by atoms with Gasteiger partial charge in [-0.2, -0.15) is 5.10 Å². The van der Waals surface area contributed by atoms with Gasteiger partial charge in [-0.15, -0.1) is 0 Å². The lowest BCUT2D eigenvalue weighted by atomic mass is 10.1. The largest absolute Gasteiger partial charge is 0.330 e. The highest BCUT2D eigenvalue weighted by molar-refractivity contribution is 5.26. The third-order valence-electron chi connectivity index (χ3n) is 3.67. The Bertz CT molecular complexity index is 327. The quantitative estimate of drug-likeness (QED) is 0.792. The van der Waals surface area contributed by atoms with Crippen LogP contribution in [0.3, 0.4) is 0 Å². The topological polar surface area (TPSA) is 43.8 Å². The predicted octanol–water partition coefficient (Wildman–Crippen LogP) is 1.60. The average Bonchev–Trinajstić information content (AvgIpc) is 2.55. The van der Waals surface area contributed by atoms with Gasteiger partial charge in [0.05, 0.1) is 0 Å². The lowest BCUT2D eigenvalue weighted by Crippen LogP contribution is -2.06. The summed E-state index contributed by atoms with van der Waals surface area (Å²) in [4.78, 5) is 0. The second-order valence-electron chi connectivity index (χ2n) is 4.71.